The van der Waals surface area contributed by atoms with Crippen molar-refractivity contribution in [2.45, 2.75) is 18.7 Å². The molecule has 0 radical (unpaired) electrons. The second kappa shape index (κ2) is 7.08. The molecule has 1 N–H and O–H groups in total. The zero-order valence-corrected chi connectivity index (χ0v) is 11.9. The highest BCUT2D eigenvalue weighted by atomic mass is 32.2. The highest BCUT2D eigenvalue weighted by Crippen LogP contribution is 2.13. The highest BCUT2D eigenvalue weighted by Gasteiger charge is 2.03. The molecule has 1 aromatic rings. The van der Waals surface area contributed by atoms with Crippen LogP contribution in [-0.2, 0) is 22.1 Å². The standard InChI is InChI=1S/C11H19NO3S2/c1-16-9-11-5-4-10(15-11)8-12-6-3-7-17(2,13)14/h4-5,12H,3,6-9H2,1-2H3. The molecular formula is C11H19NO3S2. The van der Waals surface area contributed by atoms with Gasteiger partial charge >= 0.3 is 0 Å². The summed E-state index contributed by atoms with van der Waals surface area (Å²) < 4.78 is 27.4. The van der Waals surface area contributed by atoms with Crippen molar-refractivity contribution >= 4 is 21.6 Å². The Balaban J connectivity index is 2.17. The molecule has 0 aliphatic carbocycles. The van der Waals surface area contributed by atoms with Gasteiger partial charge in [-0.1, -0.05) is 0 Å². The van der Waals surface area contributed by atoms with Gasteiger partial charge in [0.1, 0.15) is 21.4 Å². The molecule has 1 aromatic heterocycles. The number of hydrogen-bond donors (Lipinski definition) is 1. The van der Waals surface area contributed by atoms with Gasteiger partial charge in [0.2, 0.25) is 0 Å². The number of furan rings is 1. The summed E-state index contributed by atoms with van der Waals surface area (Å²) in [5, 5.41) is 3.16. The van der Waals surface area contributed by atoms with E-state index < -0.39 is 9.84 Å². The van der Waals surface area contributed by atoms with Gasteiger partial charge in [0.15, 0.2) is 0 Å². The number of sulfone groups is 1. The SMILES string of the molecule is CSCc1ccc(CNCCCS(C)(=O)=O)o1. The Morgan fingerprint density at radius 2 is 2.06 bits per heavy atom. The van der Waals surface area contributed by atoms with Crippen LogP contribution in [0.25, 0.3) is 0 Å². The molecule has 0 bridgehead atoms. The van der Waals surface area contributed by atoms with Gasteiger partial charge in [0.05, 0.1) is 18.1 Å². The van der Waals surface area contributed by atoms with Crippen LogP contribution in [0.1, 0.15) is 17.9 Å². The molecule has 17 heavy (non-hydrogen) atoms. The molecule has 0 atom stereocenters. The summed E-state index contributed by atoms with van der Waals surface area (Å²) in [5.41, 5.74) is 0. The Hall–Kier alpha value is -0.460. The quantitative estimate of drug-likeness (QED) is 0.732. The van der Waals surface area contributed by atoms with Crippen molar-refractivity contribution in [2.24, 2.45) is 0 Å². The summed E-state index contributed by atoms with van der Waals surface area (Å²) in [6, 6.07) is 3.93. The lowest BCUT2D eigenvalue weighted by atomic mass is 10.4. The zero-order chi connectivity index (χ0) is 12.7. The Morgan fingerprint density at radius 3 is 2.71 bits per heavy atom. The minimum absolute atomic E-state index is 0.232. The number of thioether (sulfide) groups is 1. The van der Waals surface area contributed by atoms with E-state index in [2.05, 4.69) is 5.32 Å². The average Bonchev–Trinajstić information content (AvgIpc) is 2.64. The molecule has 4 nitrogen and oxygen atoms in total. The summed E-state index contributed by atoms with van der Waals surface area (Å²) in [6.45, 7) is 1.34. The summed E-state index contributed by atoms with van der Waals surface area (Å²) in [4.78, 5) is 0. The van der Waals surface area contributed by atoms with Crippen molar-refractivity contribution < 1.29 is 12.8 Å². The van der Waals surface area contributed by atoms with Crippen LogP contribution in [0.15, 0.2) is 16.5 Å². The predicted molar refractivity (Wildman–Crippen MR) is 72.0 cm³/mol. The normalized spacial score (nSPS) is 11.9. The van der Waals surface area contributed by atoms with E-state index in [0.717, 1.165) is 17.3 Å². The molecule has 0 saturated carbocycles. The van der Waals surface area contributed by atoms with Crippen LogP contribution in [-0.4, -0.2) is 33.2 Å². The van der Waals surface area contributed by atoms with Crippen molar-refractivity contribution in [1.82, 2.24) is 5.32 Å². The fraction of sp³-hybridized carbons (Fsp3) is 0.636. The smallest absolute Gasteiger partial charge is 0.147 e. The van der Waals surface area contributed by atoms with E-state index in [-0.39, 0.29) is 5.75 Å². The lowest BCUT2D eigenvalue weighted by molar-refractivity contribution is 0.459. The molecule has 0 fully saturated rings. The van der Waals surface area contributed by atoms with E-state index in [1.807, 2.05) is 18.4 Å². The maximum Gasteiger partial charge on any atom is 0.147 e. The first kappa shape index (κ1) is 14.6. The highest BCUT2D eigenvalue weighted by molar-refractivity contribution is 7.97. The minimum atomic E-state index is -2.84. The second-order valence-electron chi connectivity index (χ2n) is 3.96. The van der Waals surface area contributed by atoms with Crippen molar-refractivity contribution in [1.29, 1.82) is 0 Å². The third-order valence-corrected chi connectivity index (χ3v) is 3.78. The zero-order valence-electron chi connectivity index (χ0n) is 10.2. The first-order valence-corrected chi connectivity index (χ1v) is 8.91. The van der Waals surface area contributed by atoms with Crippen molar-refractivity contribution in [3.8, 4) is 0 Å². The van der Waals surface area contributed by atoms with E-state index in [0.29, 0.717) is 19.5 Å². The Labute approximate surface area is 107 Å². The largest absolute Gasteiger partial charge is 0.464 e. The summed E-state index contributed by atoms with van der Waals surface area (Å²) in [5.74, 6) is 2.99. The summed E-state index contributed by atoms with van der Waals surface area (Å²) in [7, 11) is -2.84. The van der Waals surface area contributed by atoms with Gasteiger partial charge in [0.25, 0.3) is 0 Å². The van der Waals surface area contributed by atoms with E-state index in [1.165, 1.54) is 6.26 Å². The predicted octanol–water partition coefficient (Wildman–Crippen LogP) is 1.67. The molecule has 1 rings (SSSR count). The monoisotopic (exact) mass is 277 g/mol. The number of rotatable bonds is 8. The number of hydrogen-bond acceptors (Lipinski definition) is 5. The lowest BCUT2D eigenvalue weighted by Crippen LogP contribution is -2.17. The molecular weight excluding hydrogens is 258 g/mol. The summed E-state index contributed by atoms with van der Waals surface area (Å²) in [6.07, 6.45) is 3.93. The van der Waals surface area contributed by atoms with Crippen molar-refractivity contribution in [3.05, 3.63) is 23.7 Å². The van der Waals surface area contributed by atoms with E-state index in [1.54, 1.807) is 11.8 Å². The third-order valence-electron chi connectivity index (χ3n) is 2.17. The van der Waals surface area contributed by atoms with Gasteiger partial charge in [-0.2, -0.15) is 11.8 Å². The van der Waals surface area contributed by atoms with Crippen LogP contribution < -0.4 is 5.32 Å². The lowest BCUT2D eigenvalue weighted by Gasteiger charge is -2.01. The molecule has 0 saturated heterocycles. The van der Waals surface area contributed by atoms with Crippen molar-refractivity contribution in [3.63, 3.8) is 0 Å². The van der Waals surface area contributed by atoms with E-state index in [9.17, 15) is 8.42 Å². The average molecular weight is 277 g/mol. The maximum absolute atomic E-state index is 10.9. The fourth-order valence-corrected chi connectivity index (χ4v) is 2.52. The van der Waals surface area contributed by atoms with Crippen LogP contribution in [0, 0.1) is 0 Å². The van der Waals surface area contributed by atoms with Crippen LogP contribution in [0.4, 0.5) is 0 Å². The molecule has 0 unspecified atom stereocenters. The third kappa shape index (κ3) is 6.75. The van der Waals surface area contributed by atoms with Gasteiger partial charge in [-0.05, 0) is 31.4 Å². The Morgan fingerprint density at radius 1 is 1.35 bits per heavy atom. The number of nitrogens with one attached hydrogen (secondary N) is 1. The van der Waals surface area contributed by atoms with Crippen LogP contribution >= 0.6 is 11.8 Å². The molecule has 98 valence electrons. The molecule has 0 spiro atoms. The molecule has 0 amide bonds. The fourth-order valence-electron chi connectivity index (χ4n) is 1.41. The van der Waals surface area contributed by atoms with Gasteiger partial charge in [0, 0.05) is 6.26 Å². The topological polar surface area (TPSA) is 59.3 Å². The first-order valence-electron chi connectivity index (χ1n) is 5.46. The minimum Gasteiger partial charge on any atom is -0.464 e. The molecule has 6 heteroatoms. The molecule has 1 heterocycles. The van der Waals surface area contributed by atoms with E-state index >= 15 is 0 Å². The van der Waals surface area contributed by atoms with E-state index in [4.69, 9.17) is 4.42 Å². The molecule has 0 aromatic carbocycles. The Kier molecular flexibility index (Phi) is 6.08. The molecule has 0 aliphatic heterocycles. The van der Waals surface area contributed by atoms with Gasteiger partial charge < -0.3 is 9.73 Å². The van der Waals surface area contributed by atoms with Gasteiger partial charge in [-0.3, -0.25) is 0 Å². The maximum atomic E-state index is 10.9. The van der Waals surface area contributed by atoms with Gasteiger partial charge in [-0.25, -0.2) is 8.42 Å². The van der Waals surface area contributed by atoms with Crippen molar-refractivity contribution in [2.75, 3.05) is 24.8 Å². The van der Waals surface area contributed by atoms with Crippen LogP contribution in [0.5, 0.6) is 0 Å². The first-order chi connectivity index (χ1) is 8.01. The van der Waals surface area contributed by atoms with Crippen LogP contribution in [0.2, 0.25) is 0 Å². The second-order valence-corrected chi connectivity index (χ2v) is 7.09. The Bertz CT molecular complexity index is 426. The molecule has 0 aliphatic rings. The summed E-state index contributed by atoms with van der Waals surface area (Å²) >= 11 is 1.72. The van der Waals surface area contributed by atoms with Gasteiger partial charge in [-0.15, -0.1) is 0 Å². The van der Waals surface area contributed by atoms with Crippen LogP contribution in [0.3, 0.4) is 0 Å².